The lowest BCUT2D eigenvalue weighted by Gasteiger charge is -2.36. The van der Waals surface area contributed by atoms with E-state index in [1.54, 1.807) is 0 Å². The Labute approximate surface area is 174 Å². The van der Waals surface area contributed by atoms with E-state index < -0.39 is 0 Å². The molecule has 1 atom stereocenters. The molecule has 0 bridgehead atoms. The van der Waals surface area contributed by atoms with Gasteiger partial charge in [0.2, 0.25) is 11.8 Å². The van der Waals surface area contributed by atoms with Crippen LogP contribution in [0.2, 0.25) is 0 Å². The van der Waals surface area contributed by atoms with Crippen LogP contribution in [0.3, 0.4) is 0 Å². The van der Waals surface area contributed by atoms with Crippen molar-refractivity contribution in [3.05, 3.63) is 35.9 Å². The van der Waals surface area contributed by atoms with Crippen LogP contribution in [0.25, 0.3) is 0 Å². The average Bonchev–Trinajstić information content (AvgIpc) is 2.72. The average molecular weight is 402 g/mol. The minimum absolute atomic E-state index is 0.0111. The van der Waals surface area contributed by atoms with Gasteiger partial charge < -0.3 is 15.0 Å². The molecule has 2 amide bonds. The first kappa shape index (κ1) is 21.8. The number of carbonyl (C=O) groups is 2. The van der Waals surface area contributed by atoms with Gasteiger partial charge in [0.05, 0.1) is 12.7 Å². The summed E-state index contributed by atoms with van der Waals surface area (Å²) < 4.78 is 5.86. The summed E-state index contributed by atoms with van der Waals surface area (Å²) >= 11 is 0. The Hall–Kier alpha value is -1.92. The third-order valence-corrected chi connectivity index (χ3v) is 5.77. The molecule has 2 saturated heterocycles. The van der Waals surface area contributed by atoms with Crippen LogP contribution < -0.4 is 5.32 Å². The van der Waals surface area contributed by atoms with Crippen LogP contribution in [-0.2, 0) is 20.9 Å². The first-order valence-electron chi connectivity index (χ1n) is 10.8. The highest BCUT2D eigenvalue weighted by Gasteiger charge is 2.32. The van der Waals surface area contributed by atoms with Crippen molar-refractivity contribution in [1.82, 2.24) is 15.1 Å². The molecule has 2 fully saturated rings. The molecule has 160 valence electrons. The van der Waals surface area contributed by atoms with Gasteiger partial charge in [-0.15, -0.1) is 0 Å². The summed E-state index contributed by atoms with van der Waals surface area (Å²) in [7, 11) is 0. The first-order chi connectivity index (χ1) is 13.8. The van der Waals surface area contributed by atoms with Crippen molar-refractivity contribution in [2.45, 2.75) is 46.3 Å². The van der Waals surface area contributed by atoms with Crippen LogP contribution in [0.15, 0.2) is 30.3 Å². The lowest BCUT2D eigenvalue weighted by Crippen LogP contribution is -2.49. The van der Waals surface area contributed by atoms with Gasteiger partial charge in [0.15, 0.2) is 0 Å². The van der Waals surface area contributed by atoms with Crippen molar-refractivity contribution in [2.24, 2.45) is 11.3 Å². The fourth-order valence-corrected chi connectivity index (χ4v) is 4.07. The van der Waals surface area contributed by atoms with Gasteiger partial charge in [0, 0.05) is 50.6 Å². The zero-order valence-electron chi connectivity index (χ0n) is 18.0. The smallest absolute Gasteiger partial charge is 0.227 e. The molecule has 1 aromatic carbocycles. The quantitative estimate of drug-likeness (QED) is 0.822. The number of rotatable bonds is 5. The highest BCUT2D eigenvalue weighted by Crippen LogP contribution is 2.23. The molecule has 0 radical (unpaired) electrons. The summed E-state index contributed by atoms with van der Waals surface area (Å²) in [6, 6.07) is 10.4. The summed E-state index contributed by atoms with van der Waals surface area (Å²) in [6.07, 6.45) is 1.50. The Balaban J connectivity index is 1.40. The van der Waals surface area contributed by atoms with Crippen molar-refractivity contribution in [3.63, 3.8) is 0 Å². The lowest BCUT2D eigenvalue weighted by molar-refractivity contribution is -0.142. The maximum Gasteiger partial charge on any atom is 0.227 e. The van der Waals surface area contributed by atoms with Crippen molar-refractivity contribution in [1.29, 1.82) is 0 Å². The number of likely N-dealkylation sites (tertiary alicyclic amines) is 1. The Kier molecular flexibility index (Phi) is 7.30. The molecule has 0 spiro atoms. The summed E-state index contributed by atoms with van der Waals surface area (Å²) in [4.78, 5) is 29.3. The van der Waals surface area contributed by atoms with Crippen LogP contribution in [0.5, 0.6) is 0 Å². The van der Waals surface area contributed by atoms with Gasteiger partial charge in [-0.05, 0) is 18.4 Å². The molecular formula is C23H35N3O3. The summed E-state index contributed by atoms with van der Waals surface area (Å²) in [6.45, 7) is 11.1. The standard InChI is InChI=1S/C23H35N3O3/c1-23(2,3)22(28)26-11-9-19(10-12-26)21(27)24-15-20-17-25(13-14-29-20)16-18-7-5-4-6-8-18/h4-8,19-20H,9-17H2,1-3H3,(H,24,27). The SMILES string of the molecule is CC(C)(C)C(=O)N1CCC(C(=O)NCC2CN(Cc3ccccc3)CCO2)CC1. The minimum Gasteiger partial charge on any atom is -0.374 e. The zero-order valence-corrected chi connectivity index (χ0v) is 18.0. The minimum atomic E-state index is -0.362. The Bertz CT molecular complexity index is 678. The van der Waals surface area contributed by atoms with Gasteiger partial charge in [-0.1, -0.05) is 51.1 Å². The second-order valence-electron chi connectivity index (χ2n) is 9.28. The van der Waals surface area contributed by atoms with E-state index in [4.69, 9.17) is 4.74 Å². The number of hydrogen-bond acceptors (Lipinski definition) is 4. The van der Waals surface area contributed by atoms with E-state index in [2.05, 4.69) is 34.5 Å². The van der Waals surface area contributed by atoms with E-state index in [0.717, 1.165) is 32.5 Å². The predicted molar refractivity (Wildman–Crippen MR) is 113 cm³/mol. The monoisotopic (exact) mass is 401 g/mol. The molecular weight excluding hydrogens is 366 g/mol. The molecule has 1 aromatic rings. The summed E-state index contributed by atoms with van der Waals surface area (Å²) in [5.74, 6) is 0.255. The van der Waals surface area contributed by atoms with Crippen LogP contribution >= 0.6 is 0 Å². The maximum atomic E-state index is 12.6. The molecule has 1 unspecified atom stereocenters. The number of carbonyl (C=O) groups excluding carboxylic acids is 2. The van der Waals surface area contributed by atoms with Gasteiger partial charge >= 0.3 is 0 Å². The summed E-state index contributed by atoms with van der Waals surface area (Å²) in [5, 5.41) is 3.09. The molecule has 0 aliphatic carbocycles. The van der Waals surface area contributed by atoms with E-state index >= 15 is 0 Å². The van der Waals surface area contributed by atoms with E-state index in [0.29, 0.717) is 26.2 Å². The number of ether oxygens (including phenoxy) is 1. The molecule has 2 aliphatic rings. The Morgan fingerprint density at radius 2 is 1.79 bits per heavy atom. The number of hydrogen-bond donors (Lipinski definition) is 1. The van der Waals surface area contributed by atoms with Gasteiger partial charge in [-0.2, -0.15) is 0 Å². The topological polar surface area (TPSA) is 61.9 Å². The normalized spacial score (nSPS) is 21.8. The Morgan fingerprint density at radius 3 is 2.45 bits per heavy atom. The molecule has 29 heavy (non-hydrogen) atoms. The maximum absolute atomic E-state index is 12.6. The fourth-order valence-electron chi connectivity index (χ4n) is 4.07. The van der Waals surface area contributed by atoms with Gasteiger partial charge in [-0.3, -0.25) is 14.5 Å². The first-order valence-corrected chi connectivity index (χ1v) is 10.8. The van der Waals surface area contributed by atoms with Gasteiger partial charge in [-0.25, -0.2) is 0 Å². The highest BCUT2D eigenvalue weighted by molar-refractivity contribution is 5.82. The summed E-state index contributed by atoms with van der Waals surface area (Å²) in [5.41, 5.74) is 0.938. The Morgan fingerprint density at radius 1 is 1.10 bits per heavy atom. The fraction of sp³-hybridized carbons (Fsp3) is 0.652. The number of benzene rings is 1. The molecule has 2 heterocycles. The molecule has 1 N–H and O–H groups in total. The third-order valence-electron chi connectivity index (χ3n) is 5.77. The van der Waals surface area contributed by atoms with E-state index in [1.165, 1.54) is 5.56 Å². The number of piperidine rings is 1. The van der Waals surface area contributed by atoms with Gasteiger partial charge in [0.1, 0.15) is 0 Å². The third kappa shape index (κ3) is 6.28. The molecule has 0 aromatic heterocycles. The molecule has 0 saturated carbocycles. The number of morpholine rings is 1. The van der Waals surface area contributed by atoms with Crippen LogP contribution in [0, 0.1) is 11.3 Å². The van der Waals surface area contributed by atoms with Crippen molar-refractivity contribution >= 4 is 11.8 Å². The molecule has 3 rings (SSSR count). The largest absolute Gasteiger partial charge is 0.374 e. The van der Waals surface area contributed by atoms with Crippen molar-refractivity contribution in [2.75, 3.05) is 39.3 Å². The van der Waals surface area contributed by atoms with E-state index in [-0.39, 0.29) is 29.3 Å². The van der Waals surface area contributed by atoms with Crippen LogP contribution in [0.1, 0.15) is 39.2 Å². The van der Waals surface area contributed by atoms with Gasteiger partial charge in [0.25, 0.3) is 0 Å². The number of nitrogens with one attached hydrogen (secondary N) is 1. The lowest BCUT2D eigenvalue weighted by atomic mass is 9.90. The zero-order chi connectivity index (χ0) is 20.9. The van der Waals surface area contributed by atoms with Crippen molar-refractivity contribution in [3.8, 4) is 0 Å². The van der Waals surface area contributed by atoms with Crippen molar-refractivity contribution < 1.29 is 14.3 Å². The number of amides is 2. The highest BCUT2D eigenvalue weighted by atomic mass is 16.5. The van der Waals surface area contributed by atoms with Crippen LogP contribution in [0.4, 0.5) is 0 Å². The number of nitrogens with zero attached hydrogens (tertiary/aromatic N) is 2. The van der Waals surface area contributed by atoms with Crippen LogP contribution in [-0.4, -0.2) is 67.0 Å². The molecule has 6 heteroatoms. The second kappa shape index (κ2) is 9.72. The molecule has 2 aliphatic heterocycles. The predicted octanol–water partition coefficient (Wildman–Crippen LogP) is 2.29. The second-order valence-corrected chi connectivity index (χ2v) is 9.28. The molecule has 6 nitrogen and oxygen atoms in total. The van der Waals surface area contributed by atoms with E-state index in [1.807, 2.05) is 31.7 Å². The van der Waals surface area contributed by atoms with E-state index in [9.17, 15) is 9.59 Å².